The summed E-state index contributed by atoms with van der Waals surface area (Å²) in [5, 5.41) is 12.2. The van der Waals surface area contributed by atoms with Crippen LogP contribution < -0.4 is 11.1 Å². The summed E-state index contributed by atoms with van der Waals surface area (Å²) >= 11 is 0. The second-order valence-corrected chi connectivity index (χ2v) is 4.31. The number of nitrogens with two attached hydrogens (primary N) is 1. The maximum Gasteiger partial charge on any atom is 0.306 e. The number of aliphatic hydroxyl groups excluding tert-OH is 1. The fourth-order valence-corrected chi connectivity index (χ4v) is 1.65. The van der Waals surface area contributed by atoms with Gasteiger partial charge in [-0.1, -0.05) is 30.3 Å². The molecule has 19 heavy (non-hydrogen) atoms. The minimum Gasteiger partial charge on any atom is -0.461 e. The molecule has 0 aliphatic carbocycles. The molecular weight excluding hydrogens is 244 g/mol. The highest BCUT2D eigenvalue weighted by Crippen LogP contribution is 2.04. The van der Waals surface area contributed by atoms with Crippen molar-refractivity contribution in [3.05, 3.63) is 35.9 Å². The van der Waals surface area contributed by atoms with E-state index in [1.807, 2.05) is 30.3 Å². The van der Waals surface area contributed by atoms with Gasteiger partial charge in [0.15, 0.2) is 0 Å². The average molecular weight is 266 g/mol. The lowest BCUT2D eigenvalue weighted by Crippen LogP contribution is -2.36. The number of aliphatic hydroxyl groups is 1. The molecule has 1 aromatic carbocycles. The zero-order valence-electron chi connectivity index (χ0n) is 11.0. The molecule has 0 aromatic heterocycles. The SMILES string of the molecule is NCCNC(CO)CCC(=O)OCc1ccccc1. The molecule has 0 aliphatic heterocycles. The second kappa shape index (κ2) is 9.49. The molecule has 0 amide bonds. The summed E-state index contributed by atoms with van der Waals surface area (Å²) < 4.78 is 5.15. The number of esters is 1. The maximum atomic E-state index is 11.6. The molecule has 106 valence electrons. The number of ether oxygens (including phenoxy) is 1. The normalized spacial score (nSPS) is 12.1. The average Bonchev–Trinajstić information content (AvgIpc) is 2.46. The monoisotopic (exact) mass is 266 g/mol. The first-order valence-electron chi connectivity index (χ1n) is 6.50. The summed E-state index contributed by atoms with van der Waals surface area (Å²) in [6, 6.07) is 9.44. The van der Waals surface area contributed by atoms with Crippen LogP contribution in [-0.4, -0.2) is 36.8 Å². The molecule has 0 bridgehead atoms. The fraction of sp³-hybridized carbons (Fsp3) is 0.500. The highest BCUT2D eigenvalue weighted by molar-refractivity contribution is 5.69. The number of benzene rings is 1. The molecule has 1 unspecified atom stereocenters. The van der Waals surface area contributed by atoms with Crippen LogP contribution >= 0.6 is 0 Å². The van der Waals surface area contributed by atoms with E-state index in [4.69, 9.17) is 15.6 Å². The van der Waals surface area contributed by atoms with Crippen LogP contribution in [0.2, 0.25) is 0 Å². The van der Waals surface area contributed by atoms with Gasteiger partial charge in [-0.05, 0) is 12.0 Å². The van der Waals surface area contributed by atoms with Gasteiger partial charge < -0.3 is 20.9 Å². The van der Waals surface area contributed by atoms with Crippen molar-refractivity contribution >= 4 is 5.97 Å². The van der Waals surface area contributed by atoms with Crippen LogP contribution in [0.25, 0.3) is 0 Å². The standard InChI is InChI=1S/C14H22N2O3/c15-8-9-16-13(10-17)6-7-14(18)19-11-12-4-2-1-3-5-12/h1-5,13,16-17H,6-11,15H2. The van der Waals surface area contributed by atoms with E-state index in [-0.39, 0.29) is 25.0 Å². The molecule has 0 saturated heterocycles. The lowest BCUT2D eigenvalue weighted by molar-refractivity contribution is -0.145. The second-order valence-electron chi connectivity index (χ2n) is 4.31. The Morgan fingerprint density at radius 3 is 2.74 bits per heavy atom. The van der Waals surface area contributed by atoms with Gasteiger partial charge in [-0.25, -0.2) is 0 Å². The minimum atomic E-state index is -0.253. The van der Waals surface area contributed by atoms with Crippen molar-refractivity contribution in [3.63, 3.8) is 0 Å². The van der Waals surface area contributed by atoms with E-state index in [0.717, 1.165) is 5.56 Å². The molecule has 0 fully saturated rings. The number of hydrogen-bond acceptors (Lipinski definition) is 5. The Balaban J connectivity index is 2.20. The van der Waals surface area contributed by atoms with Crippen LogP contribution in [0.4, 0.5) is 0 Å². The van der Waals surface area contributed by atoms with Crippen molar-refractivity contribution in [1.82, 2.24) is 5.32 Å². The predicted molar refractivity (Wildman–Crippen MR) is 73.4 cm³/mol. The molecule has 1 rings (SSSR count). The smallest absolute Gasteiger partial charge is 0.306 e. The lowest BCUT2D eigenvalue weighted by Gasteiger charge is -2.15. The van der Waals surface area contributed by atoms with Gasteiger partial charge in [0.25, 0.3) is 0 Å². The first kappa shape index (κ1) is 15.6. The number of carbonyl (C=O) groups excluding carboxylic acids is 1. The van der Waals surface area contributed by atoms with Crippen molar-refractivity contribution in [3.8, 4) is 0 Å². The maximum absolute atomic E-state index is 11.6. The Labute approximate surface area is 113 Å². The van der Waals surface area contributed by atoms with E-state index in [0.29, 0.717) is 26.1 Å². The largest absolute Gasteiger partial charge is 0.461 e. The van der Waals surface area contributed by atoms with Gasteiger partial charge in [0.2, 0.25) is 0 Å². The Morgan fingerprint density at radius 2 is 2.11 bits per heavy atom. The van der Waals surface area contributed by atoms with E-state index < -0.39 is 0 Å². The quantitative estimate of drug-likeness (QED) is 0.564. The van der Waals surface area contributed by atoms with Gasteiger partial charge in [-0.15, -0.1) is 0 Å². The topological polar surface area (TPSA) is 84.6 Å². The number of nitrogens with one attached hydrogen (secondary N) is 1. The zero-order valence-corrected chi connectivity index (χ0v) is 11.0. The fourth-order valence-electron chi connectivity index (χ4n) is 1.65. The van der Waals surface area contributed by atoms with Crippen molar-refractivity contribution in [2.75, 3.05) is 19.7 Å². The molecule has 0 aliphatic rings. The summed E-state index contributed by atoms with van der Waals surface area (Å²) in [6.07, 6.45) is 0.833. The van der Waals surface area contributed by atoms with Gasteiger partial charge in [-0.2, -0.15) is 0 Å². The molecule has 5 heteroatoms. The Hall–Kier alpha value is -1.43. The van der Waals surface area contributed by atoms with Crippen LogP contribution in [0.1, 0.15) is 18.4 Å². The van der Waals surface area contributed by atoms with Crippen molar-refractivity contribution in [2.45, 2.75) is 25.5 Å². The molecule has 0 spiro atoms. The van der Waals surface area contributed by atoms with Gasteiger partial charge in [0.1, 0.15) is 6.61 Å². The van der Waals surface area contributed by atoms with Crippen LogP contribution in [0.3, 0.4) is 0 Å². The first-order chi connectivity index (χ1) is 9.26. The van der Waals surface area contributed by atoms with Crippen LogP contribution in [0.15, 0.2) is 30.3 Å². The number of carbonyl (C=O) groups is 1. The third-order valence-electron chi connectivity index (χ3n) is 2.74. The van der Waals surface area contributed by atoms with E-state index in [1.54, 1.807) is 0 Å². The molecule has 4 N–H and O–H groups in total. The third-order valence-corrected chi connectivity index (χ3v) is 2.74. The van der Waals surface area contributed by atoms with E-state index >= 15 is 0 Å². The zero-order chi connectivity index (χ0) is 13.9. The van der Waals surface area contributed by atoms with Gasteiger partial charge in [0.05, 0.1) is 6.61 Å². The number of hydrogen-bond donors (Lipinski definition) is 3. The first-order valence-corrected chi connectivity index (χ1v) is 6.50. The molecule has 0 radical (unpaired) electrons. The molecule has 0 heterocycles. The Morgan fingerprint density at radius 1 is 1.37 bits per heavy atom. The summed E-state index contributed by atoms with van der Waals surface area (Å²) in [5.41, 5.74) is 6.33. The summed E-state index contributed by atoms with van der Waals surface area (Å²) in [7, 11) is 0. The summed E-state index contributed by atoms with van der Waals surface area (Å²) in [4.78, 5) is 11.6. The van der Waals surface area contributed by atoms with Crippen LogP contribution in [-0.2, 0) is 16.1 Å². The summed E-state index contributed by atoms with van der Waals surface area (Å²) in [5.74, 6) is -0.253. The van der Waals surface area contributed by atoms with Crippen molar-refractivity contribution in [1.29, 1.82) is 0 Å². The third kappa shape index (κ3) is 6.91. The number of rotatable bonds is 9. The van der Waals surface area contributed by atoms with E-state index in [2.05, 4.69) is 5.32 Å². The molecule has 0 saturated carbocycles. The summed E-state index contributed by atoms with van der Waals surface area (Å²) in [6.45, 7) is 1.42. The highest BCUT2D eigenvalue weighted by Gasteiger charge is 2.10. The van der Waals surface area contributed by atoms with Crippen LogP contribution in [0, 0.1) is 0 Å². The van der Waals surface area contributed by atoms with E-state index in [1.165, 1.54) is 0 Å². The molecule has 5 nitrogen and oxygen atoms in total. The Bertz CT molecular complexity index is 357. The lowest BCUT2D eigenvalue weighted by atomic mass is 10.1. The molecule has 1 aromatic rings. The van der Waals surface area contributed by atoms with Gasteiger partial charge in [-0.3, -0.25) is 4.79 Å². The molecular formula is C14H22N2O3. The Kier molecular flexibility index (Phi) is 7.81. The van der Waals surface area contributed by atoms with Crippen LogP contribution in [0.5, 0.6) is 0 Å². The van der Waals surface area contributed by atoms with E-state index in [9.17, 15) is 4.79 Å². The highest BCUT2D eigenvalue weighted by atomic mass is 16.5. The van der Waals surface area contributed by atoms with Crippen molar-refractivity contribution < 1.29 is 14.6 Å². The predicted octanol–water partition coefficient (Wildman–Crippen LogP) is 0.419. The molecule has 1 atom stereocenters. The van der Waals surface area contributed by atoms with Gasteiger partial charge >= 0.3 is 5.97 Å². The minimum absolute atomic E-state index is 0.00797. The van der Waals surface area contributed by atoms with Gasteiger partial charge in [0, 0.05) is 25.6 Å². The van der Waals surface area contributed by atoms with Crippen molar-refractivity contribution in [2.24, 2.45) is 5.73 Å².